The predicted molar refractivity (Wildman–Crippen MR) is 105 cm³/mol. The highest BCUT2D eigenvalue weighted by atomic mass is 35.5. The molecule has 0 aliphatic heterocycles. The van der Waals surface area contributed by atoms with Crippen LogP contribution in [-0.4, -0.2) is 33.2 Å². The maximum Gasteiger partial charge on any atom is 0.339 e. The van der Waals surface area contributed by atoms with E-state index in [1.807, 2.05) is 6.07 Å². The molecule has 2 rings (SSSR count). The smallest absolute Gasteiger partial charge is 0.339 e. The van der Waals surface area contributed by atoms with E-state index in [1.54, 1.807) is 18.2 Å². The number of nitriles is 1. The highest BCUT2D eigenvalue weighted by molar-refractivity contribution is 6.32. The summed E-state index contributed by atoms with van der Waals surface area (Å²) in [5.74, 6) is -0.596. The molecule has 0 saturated carbocycles. The number of ether oxygens (including phenoxy) is 3. The second kappa shape index (κ2) is 9.44. The number of para-hydroxylation sites is 1. The maximum absolute atomic E-state index is 12.5. The number of methoxy groups -OCH3 is 3. The van der Waals surface area contributed by atoms with E-state index >= 15 is 0 Å². The number of carbonyl (C=O) groups is 2. The van der Waals surface area contributed by atoms with Gasteiger partial charge in [-0.1, -0.05) is 23.7 Å². The molecule has 0 saturated heterocycles. The first kappa shape index (κ1) is 20.8. The van der Waals surface area contributed by atoms with E-state index in [0.29, 0.717) is 17.1 Å². The second-order valence-electron chi connectivity index (χ2n) is 5.40. The fraction of sp³-hybridized carbons (Fsp3) is 0.150. The van der Waals surface area contributed by atoms with Crippen molar-refractivity contribution in [2.24, 2.45) is 0 Å². The Kier molecular flexibility index (Phi) is 7.02. The number of hydrogen-bond donors (Lipinski definition) is 1. The standard InChI is InChI=1S/C20H17ClN2O5/c1-26-17-10-12(9-15(21)18(17)27-2)8-13(11-22)19(24)23-16-7-5-4-6-14(16)20(25)28-3/h4-10H,1-3H3,(H,23,24). The van der Waals surface area contributed by atoms with Crippen LogP contribution in [0.1, 0.15) is 15.9 Å². The van der Waals surface area contributed by atoms with Crippen molar-refractivity contribution in [2.45, 2.75) is 0 Å². The van der Waals surface area contributed by atoms with Crippen molar-refractivity contribution in [1.29, 1.82) is 5.26 Å². The van der Waals surface area contributed by atoms with Gasteiger partial charge in [-0.3, -0.25) is 4.79 Å². The molecule has 0 atom stereocenters. The zero-order chi connectivity index (χ0) is 20.7. The molecule has 8 heteroatoms. The lowest BCUT2D eigenvalue weighted by molar-refractivity contribution is -0.112. The Morgan fingerprint density at radius 3 is 2.46 bits per heavy atom. The normalized spacial score (nSPS) is 10.6. The number of nitrogens with one attached hydrogen (secondary N) is 1. The summed E-state index contributed by atoms with van der Waals surface area (Å²) in [5.41, 5.74) is 0.675. The summed E-state index contributed by atoms with van der Waals surface area (Å²) in [6, 6.07) is 11.3. The molecule has 0 bridgehead atoms. The molecule has 7 nitrogen and oxygen atoms in total. The maximum atomic E-state index is 12.5. The van der Waals surface area contributed by atoms with Gasteiger partial charge in [0.05, 0.1) is 37.6 Å². The van der Waals surface area contributed by atoms with Crippen LogP contribution in [0.4, 0.5) is 5.69 Å². The van der Waals surface area contributed by atoms with Crippen molar-refractivity contribution in [3.63, 3.8) is 0 Å². The van der Waals surface area contributed by atoms with Gasteiger partial charge < -0.3 is 19.5 Å². The van der Waals surface area contributed by atoms with Crippen LogP contribution in [0, 0.1) is 11.3 Å². The lowest BCUT2D eigenvalue weighted by Gasteiger charge is -2.11. The zero-order valence-corrected chi connectivity index (χ0v) is 16.2. The first-order valence-corrected chi connectivity index (χ1v) is 8.35. The van der Waals surface area contributed by atoms with Gasteiger partial charge in [0.25, 0.3) is 5.91 Å². The van der Waals surface area contributed by atoms with Crippen LogP contribution in [0.2, 0.25) is 5.02 Å². The Bertz CT molecular complexity index is 979. The SMILES string of the molecule is COC(=O)c1ccccc1NC(=O)C(C#N)=Cc1cc(Cl)c(OC)c(OC)c1. The predicted octanol–water partition coefficient (Wildman–Crippen LogP) is 3.69. The lowest BCUT2D eigenvalue weighted by Crippen LogP contribution is -2.16. The third kappa shape index (κ3) is 4.61. The van der Waals surface area contributed by atoms with E-state index in [9.17, 15) is 14.9 Å². The van der Waals surface area contributed by atoms with E-state index < -0.39 is 11.9 Å². The Morgan fingerprint density at radius 1 is 1.14 bits per heavy atom. The number of carbonyl (C=O) groups excluding carboxylic acids is 2. The van der Waals surface area contributed by atoms with Gasteiger partial charge in [-0.25, -0.2) is 4.79 Å². The molecule has 0 unspecified atom stereocenters. The molecule has 0 heterocycles. The third-order valence-corrected chi connectivity index (χ3v) is 3.99. The number of rotatable bonds is 6. The average molecular weight is 401 g/mol. The number of nitrogens with zero attached hydrogens (tertiary/aromatic N) is 1. The van der Waals surface area contributed by atoms with Gasteiger partial charge in [0.1, 0.15) is 11.6 Å². The molecule has 2 aromatic rings. The molecular weight excluding hydrogens is 384 g/mol. The minimum Gasteiger partial charge on any atom is -0.493 e. The first-order chi connectivity index (χ1) is 13.4. The minimum atomic E-state index is -0.690. The number of hydrogen-bond acceptors (Lipinski definition) is 6. The fourth-order valence-electron chi connectivity index (χ4n) is 2.41. The number of anilines is 1. The van der Waals surface area contributed by atoms with E-state index in [2.05, 4.69) is 5.32 Å². The minimum absolute atomic E-state index is 0.171. The van der Waals surface area contributed by atoms with Gasteiger partial charge in [0.2, 0.25) is 0 Å². The van der Waals surface area contributed by atoms with Crippen LogP contribution in [0.25, 0.3) is 6.08 Å². The quantitative estimate of drug-likeness (QED) is 0.451. The number of benzene rings is 2. The number of amides is 1. The Labute approximate surface area is 167 Å². The Balaban J connectivity index is 2.37. The number of esters is 1. The summed E-state index contributed by atoms with van der Waals surface area (Å²) in [6.45, 7) is 0. The Morgan fingerprint density at radius 2 is 1.86 bits per heavy atom. The monoisotopic (exact) mass is 400 g/mol. The zero-order valence-electron chi connectivity index (χ0n) is 15.4. The van der Waals surface area contributed by atoms with Crippen LogP contribution in [0.3, 0.4) is 0 Å². The molecule has 0 aromatic heterocycles. The van der Waals surface area contributed by atoms with E-state index in [4.69, 9.17) is 25.8 Å². The summed E-state index contributed by atoms with van der Waals surface area (Å²) >= 11 is 6.15. The molecule has 0 aliphatic rings. The van der Waals surface area contributed by atoms with Crippen molar-refractivity contribution in [3.8, 4) is 17.6 Å². The molecule has 0 fully saturated rings. The van der Waals surface area contributed by atoms with Crippen molar-refractivity contribution in [1.82, 2.24) is 0 Å². The van der Waals surface area contributed by atoms with E-state index in [1.165, 1.54) is 45.6 Å². The summed E-state index contributed by atoms with van der Waals surface area (Å²) in [7, 11) is 4.14. The van der Waals surface area contributed by atoms with Crippen LogP contribution < -0.4 is 14.8 Å². The fourth-order valence-corrected chi connectivity index (χ4v) is 2.70. The van der Waals surface area contributed by atoms with Gasteiger partial charge in [-0.2, -0.15) is 5.26 Å². The van der Waals surface area contributed by atoms with Gasteiger partial charge in [0, 0.05) is 0 Å². The summed E-state index contributed by atoms with van der Waals surface area (Å²) in [4.78, 5) is 24.4. The molecular formula is C20H17ClN2O5. The molecule has 0 spiro atoms. The average Bonchev–Trinajstić information content (AvgIpc) is 2.71. The second-order valence-corrected chi connectivity index (χ2v) is 5.81. The first-order valence-electron chi connectivity index (χ1n) is 7.97. The summed E-state index contributed by atoms with van der Waals surface area (Å²) in [5, 5.41) is 12.2. The van der Waals surface area contributed by atoms with Gasteiger partial charge in [-0.15, -0.1) is 0 Å². The molecule has 144 valence electrons. The van der Waals surface area contributed by atoms with Crippen LogP contribution in [-0.2, 0) is 9.53 Å². The summed E-state index contributed by atoms with van der Waals surface area (Å²) in [6.07, 6.45) is 1.35. The van der Waals surface area contributed by atoms with E-state index in [-0.39, 0.29) is 21.8 Å². The van der Waals surface area contributed by atoms with Crippen molar-refractivity contribution in [2.75, 3.05) is 26.6 Å². The highest BCUT2D eigenvalue weighted by Gasteiger charge is 2.17. The topological polar surface area (TPSA) is 97.7 Å². The molecule has 1 N–H and O–H groups in total. The van der Waals surface area contributed by atoms with Crippen LogP contribution >= 0.6 is 11.6 Å². The molecule has 28 heavy (non-hydrogen) atoms. The summed E-state index contributed by atoms with van der Waals surface area (Å²) < 4.78 is 15.1. The highest BCUT2D eigenvalue weighted by Crippen LogP contribution is 2.36. The Hall–Kier alpha value is -3.50. The number of halogens is 1. The molecule has 0 aliphatic carbocycles. The third-order valence-electron chi connectivity index (χ3n) is 3.71. The molecule has 1 amide bonds. The van der Waals surface area contributed by atoms with Crippen molar-refractivity contribution >= 4 is 35.2 Å². The van der Waals surface area contributed by atoms with Crippen molar-refractivity contribution < 1.29 is 23.8 Å². The van der Waals surface area contributed by atoms with Gasteiger partial charge in [0.15, 0.2) is 11.5 Å². The van der Waals surface area contributed by atoms with Gasteiger partial charge in [-0.05, 0) is 35.9 Å². The van der Waals surface area contributed by atoms with Crippen LogP contribution in [0.5, 0.6) is 11.5 Å². The molecule has 0 radical (unpaired) electrons. The van der Waals surface area contributed by atoms with E-state index in [0.717, 1.165) is 0 Å². The largest absolute Gasteiger partial charge is 0.493 e. The van der Waals surface area contributed by atoms with Crippen LogP contribution in [0.15, 0.2) is 42.0 Å². The molecule has 2 aromatic carbocycles. The lowest BCUT2D eigenvalue weighted by atomic mass is 10.1. The van der Waals surface area contributed by atoms with Gasteiger partial charge >= 0.3 is 5.97 Å². The van der Waals surface area contributed by atoms with Crippen molar-refractivity contribution in [3.05, 3.63) is 58.1 Å².